The molecule has 0 aliphatic heterocycles. The van der Waals surface area contributed by atoms with Crippen molar-refractivity contribution in [3.8, 4) is 0 Å². The van der Waals surface area contributed by atoms with Gasteiger partial charge in [0.25, 0.3) is 0 Å². The molecule has 0 aromatic heterocycles. The van der Waals surface area contributed by atoms with Gasteiger partial charge in [-0.1, -0.05) is 48.0 Å². The van der Waals surface area contributed by atoms with Crippen molar-refractivity contribution in [2.24, 2.45) is 0 Å². The van der Waals surface area contributed by atoms with Crippen molar-refractivity contribution in [2.75, 3.05) is 0 Å². The van der Waals surface area contributed by atoms with E-state index in [9.17, 15) is 4.39 Å². The molecule has 1 unspecified atom stereocenters. The van der Waals surface area contributed by atoms with Gasteiger partial charge >= 0.3 is 0 Å². The van der Waals surface area contributed by atoms with Crippen molar-refractivity contribution >= 4 is 23.2 Å². The largest absolute Gasteiger partial charge is 0.206 e. The molecule has 0 aliphatic carbocycles. The number of aryl methyl sites for hydroxylation is 1. The zero-order valence-electron chi connectivity index (χ0n) is 9.96. The molecule has 0 radical (unpaired) electrons. The Hall–Kier alpha value is -1.05. The first-order valence-corrected chi connectivity index (χ1v) is 6.53. The molecule has 94 valence electrons. The molecule has 0 nitrogen and oxygen atoms in total. The Morgan fingerprint density at radius 2 is 1.83 bits per heavy atom. The highest BCUT2D eigenvalue weighted by molar-refractivity contribution is 6.31. The second-order valence-electron chi connectivity index (χ2n) is 4.24. The summed E-state index contributed by atoms with van der Waals surface area (Å²) >= 11 is 12.4. The quantitative estimate of drug-likeness (QED) is 0.669. The smallest absolute Gasteiger partial charge is 0.130 e. The molecule has 0 saturated heterocycles. The van der Waals surface area contributed by atoms with Gasteiger partial charge in [-0.05, 0) is 30.5 Å². The number of alkyl halides is 1. The highest BCUT2D eigenvalue weighted by atomic mass is 35.5. The van der Waals surface area contributed by atoms with Crippen molar-refractivity contribution in [3.05, 3.63) is 70.0 Å². The lowest BCUT2D eigenvalue weighted by atomic mass is 10.0. The summed E-state index contributed by atoms with van der Waals surface area (Å²) in [7, 11) is 0. The Balaban J connectivity index is 2.25. The Labute approximate surface area is 116 Å². The predicted molar refractivity (Wildman–Crippen MR) is 74.9 cm³/mol. The minimum absolute atomic E-state index is 0.232. The predicted octanol–water partition coefficient (Wildman–Crippen LogP) is 5.31. The molecule has 0 aliphatic rings. The summed E-state index contributed by atoms with van der Waals surface area (Å²) in [5.41, 5.74) is 2.06. The van der Waals surface area contributed by atoms with Crippen LogP contribution in [0.25, 0.3) is 0 Å². The van der Waals surface area contributed by atoms with Crippen LogP contribution in [-0.4, -0.2) is 0 Å². The topological polar surface area (TPSA) is 0 Å². The van der Waals surface area contributed by atoms with Crippen LogP contribution in [0.5, 0.6) is 0 Å². The van der Waals surface area contributed by atoms with Crippen LogP contribution in [0.15, 0.2) is 42.5 Å². The third-order valence-corrected chi connectivity index (χ3v) is 3.67. The molecule has 0 saturated carbocycles. The zero-order chi connectivity index (χ0) is 13.1. The van der Waals surface area contributed by atoms with Crippen molar-refractivity contribution in [3.63, 3.8) is 0 Å². The van der Waals surface area contributed by atoms with Gasteiger partial charge in [0.05, 0.1) is 5.38 Å². The fourth-order valence-electron chi connectivity index (χ4n) is 1.88. The van der Waals surface area contributed by atoms with Crippen LogP contribution in [0.3, 0.4) is 0 Å². The fourth-order valence-corrected chi connectivity index (χ4v) is 2.43. The first-order valence-electron chi connectivity index (χ1n) is 5.72. The second kappa shape index (κ2) is 5.73. The van der Waals surface area contributed by atoms with Crippen LogP contribution < -0.4 is 0 Å². The summed E-state index contributed by atoms with van der Waals surface area (Å²) in [6.07, 6.45) is 0.515. The minimum atomic E-state index is -0.412. The van der Waals surface area contributed by atoms with E-state index in [4.69, 9.17) is 23.2 Å². The van der Waals surface area contributed by atoms with E-state index >= 15 is 0 Å². The summed E-state index contributed by atoms with van der Waals surface area (Å²) in [4.78, 5) is 0. The number of halogens is 3. The van der Waals surface area contributed by atoms with E-state index in [1.807, 2.05) is 30.3 Å². The Morgan fingerprint density at radius 1 is 1.11 bits per heavy atom. The Morgan fingerprint density at radius 3 is 2.56 bits per heavy atom. The summed E-state index contributed by atoms with van der Waals surface area (Å²) in [5, 5.41) is 0.251. The van der Waals surface area contributed by atoms with Crippen molar-refractivity contribution in [1.29, 1.82) is 0 Å². The van der Waals surface area contributed by atoms with Crippen LogP contribution in [0.1, 0.15) is 22.1 Å². The van der Waals surface area contributed by atoms with E-state index in [1.165, 1.54) is 0 Å². The van der Waals surface area contributed by atoms with E-state index in [-0.39, 0.29) is 5.82 Å². The van der Waals surface area contributed by atoms with E-state index in [2.05, 4.69) is 0 Å². The van der Waals surface area contributed by atoms with Gasteiger partial charge in [-0.2, -0.15) is 0 Å². The molecule has 0 N–H and O–H groups in total. The van der Waals surface area contributed by atoms with Crippen LogP contribution in [0.4, 0.5) is 4.39 Å². The lowest BCUT2D eigenvalue weighted by Gasteiger charge is -2.13. The summed E-state index contributed by atoms with van der Waals surface area (Å²) < 4.78 is 13.9. The standard InChI is InChI=1S/C15H13Cl2F/c1-10-5-4-7-12(15(10)18)14(17)9-11-6-2-3-8-13(11)16/h2-8,14H,9H2,1H3. The average Bonchev–Trinajstić information content (AvgIpc) is 2.35. The van der Waals surface area contributed by atoms with Crippen LogP contribution in [-0.2, 0) is 6.42 Å². The normalized spacial score (nSPS) is 12.4. The molecule has 2 aromatic rings. The lowest BCUT2D eigenvalue weighted by molar-refractivity contribution is 0.597. The Kier molecular flexibility index (Phi) is 4.26. The molecule has 2 aromatic carbocycles. The molecule has 0 heterocycles. The van der Waals surface area contributed by atoms with E-state index < -0.39 is 5.38 Å². The molecule has 0 fully saturated rings. The van der Waals surface area contributed by atoms with Gasteiger partial charge in [-0.15, -0.1) is 11.6 Å². The Bertz CT molecular complexity index is 552. The van der Waals surface area contributed by atoms with Crippen LogP contribution >= 0.6 is 23.2 Å². The highest BCUT2D eigenvalue weighted by Crippen LogP contribution is 2.30. The van der Waals surface area contributed by atoms with Crippen molar-refractivity contribution in [1.82, 2.24) is 0 Å². The number of rotatable bonds is 3. The first-order chi connectivity index (χ1) is 8.59. The maximum absolute atomic E-state index is 13.9. The third kappa shape index (κ3) is 2.85. The first kappa shape index (κ1) is 13.4. The van der Waals surface area contributed by atoms with Crippen LogP contribution in [0.2, 0.25) is 5.02 Å². The number of benzene rings is 2. The van der Waals surface area contributed by atoms with Gasteiger partial charge < -0.3 is 0 Å². The van der Waals surface area contributed by atoms with E-state index in [0.717, 1.165) is 5.56 Å². The molecule has 0 spiro atoms. The van der Waals surface area contributed by atoms with E-state index in [1.54, 1.807) is 19.1 Å². The monoisotopic (exact) mass is 282 g/mol. The van der Waals surface area contributed by atoms with Gasteiger partial charge in [0.1, 0.15) is 5.82 Å². The van der Waals surface area contributed by atoms with Gasteiger partial charge in [0, 0.05) is 10.6 Å². The van der Waals surface area contributed by atoms with Crippen LogP contribution in [0, 0.1) is 12.7 Å². The summed E-state index contributed by atoms with van der Waals surface area (Å²) in [6, 6.07) is 12.8. The van der Waals surface area contributed by atoms with E-state index in [0.29, 0.717) is 22.6 Å². The second-order valence-corrected chi connectivity index (χ2v) is 5.18. The van der Waals surface area contributed by atoms with Gasteiger partial charge in [0.2, 0.25) is 0 Å². The number of hydrogen-bond acceptors (Lipinski definition) is 0. The highest BCUT2D eigenvalue weighted by Gasteiger charge is 2.15. The maximum atomic E-state index is 13.9. The summed E-state index contributed by atoms with van der Waals surface area (Å²) in [5.74, 6) is -0.232. The van der Waals surface area contributed by atoms with Gasteiger partial charge in [-0.3, -0.25) is 0 Å². The average molecular weight is 283 g/mol. The molecule has 0 bridgehead atoms. The molecule has 3 heteroatoms. The third-order valence-electron chi connectivity index (χ3n) is 2.92. The molecular formula is C15H13Cl2F. The maximum Gasteiger partial charge on any atom is 0.130 e. The molecule has 2 rings (SSSR count). The molecular weight excluding hydrogens is 270 g/mol. The zero-order valence-corrected chi connectivity index (χ0v) is 11.5. The molecule has 18 heavy (non-hydrogen) atoms. The van der Waals surface area contributed by atoms with Crippen molar-refractivity contribution in [2.45, 2.75) is 18.7 Å². The molecule has 1 atom stereocenters. The number of hydrogen-bond donors (Lipinski definition) is 0. The van der Waals surface area contributed by atoms with Gasteiger partial charge in [0.15, 0.2) is 0 Å². The summed E-state index contributed by atoms with van der Waals surface area (Å²) in [6.45, 7) is 1.73. The SMILES string of the molecule is Cc1cccc(C(Cl)Cc2ccccc2Cl)c1F. The lowest BCUT2D eigenvalue weighted by Crippen LogP contribution is -2.01. The van der Waals surface area contributed by atoms with Gasteiger partial charge in [-0.25, -0.2) is 4.39 Å². The molecule has 0 amide bonds. The fraction of sp³-hybridized carbons (Fsp3) is 0.200. The van der Waals surface area contributed by atoms with Crippen molar-refractivity contribution < 1.29 is 4.39 Å². The minimum Gasteiger partial charge on any atom is -0.206 e.